The summed E-state index contributed by atoms with van der Waals surface area (Å²) in [5, 5.41) is 14.4. The number of nitriles is 1. The highest BCUT2D eigenvalue weighted by Crippen LogP contribution is 2.10. The summed E-state index contributed by atoms with van der Waals surface area (Å²) < 4.78 is 0. The Morgan fingerprint density at radius 3 is 2.41 bits per heavy atom. The summed E-state index contributed by atoms with van der Waals surface area (Å²) in [6.07, 6.45) is 0.966. The van der Waals surface area contributed by atoms with Crippen molar-refractivity contribution in [3.05, 3.63) is 70.8 Å². The normalized spacial score (nSPS) is 13.3. The van der Waals surface area contributed by atoms with Crippen molar-refractivity contribution >= 4 is 17.7 Å². The quantitative estimate of drug-likeness (QED) is 0.778. The average Bonchev–Trinajstić information content (AvgIpc) is 2.76. The van der Waals surface area contributed by atoms with E-state index in [0.717, 1.165) is 11.1 Å². The first kappa shape index (κ1) is 20.1. The van der Waals surface area contributed by atoms with E-state index in [2.05, 4.69) is 16.7 Å². The van der Waals surface area contributed by atoms with Gasteiger partial charge in [-0.1, -0.05) is 24.3 Å². The molecule has 0 aliphatic carbocycles. The minimum Gasteiger partial charge on any atom is -0.353 e. The SMILES string of the molecule is N#Cc1ccc(CCC(=O)NCc2ccc(C(=O)N3CCNC(=O)C3)cc2)cc1. The summed E-state index contributed by atoms with van der Waals surface area (Å²) in [5.41, 5.74) is 3.03. The third kappa shape index (κ3) is 5.66. The van der Waals surface area contributed by atoms with E-state index in [1.165, 1.54) is 4.90 Å². The van der Waals surface area contributed by atoms with Gasteiger partial charge in [0.2, 0.25) is 11.8 Å². The Kier molecular flexibility index (Phi) is 6.59. The smallest absolute Gasteiger partial charge is 0.254 e. The van der Waals surface area contributed by atoms with Crippen LogP contribution >= 0.6 is 0 Å². The Labute approximate surface area is 169 Å². The molecule has 0 bridgehead atoms. The maximum Gasteiger partial charge on any atom is 0.254 e. The van der Waals surface area contributed by atoms with Crippen molar-refractivity contribution in [2.75, 3.05) is 19.6 Å². The maximum atomic E-state index is 12.4. The summed E-state index contributed by atoms with van der Waals surface area (Å²) in [5.74, 6) is -0.378. The van der Waals surface area contributed by atoms with Gasteiger partial charge >= 0.3 is 0 Å². The minimum atomic E-state index is -0.169. The van der Waals surface area contributed by atoms with Gasteiger partial charge in [0.05, 0.1) is 18.2 Å². The lowest BCUT2D eigenvalue weighted by Crippen LogP contribution is -2.49. The van der Waals surface area contributed by atoms with E-state index >= 15 is 0 Å². The molecule has 0 atom stereocenters. The number of amides is 3. The van der Waals surface area contributed by atoms with Gasteiger partial charge in [0, 0.05) is 31.6 Å². The molecule has 7 nitrogen and oxygen atoms in total. The fourth-order valence-corrected chi connectivity index (χ4v) is 3.05. The number of nitrogens with zero attached hydrogens (tertiary/aromatic N) is 2. The number of rotatable bonds is 6. The van der Waals surface area contributed by atoms with Crippen molar-refractivity contribution in [2.24, 2.45) is 0 Å². The van der Waals surface area contributed by atoms with E-state index in [0.29, 0.717) is 43.6 Å². The Bertz CT molecular complexity index is 930. The number of piperazine rings is 1. The molecule has 0 unspecified atom stereocenters. The largest absolute Gasteiger partial charge is 0.353 e. The summed E-state index contributed by atoms with van der Waals surface area (Å²) in [7, 11) is 0. The molecular weight excluding hydrogens is 368 g/mol. The zero-order valence-electron chi connectivity index (χ0n) is 16.0. The average molecular weight is 390 g/mol. The second-order valence-corrected chi connectivity index (χ2v) is 6.86. The first-order valence-corrected chi connectivity index (χ1v) is 9.46. The van der Waals surface area contributed by atoms with E-state index in [1.807, 2.05) is 12.1 Å². The van der Waals surface area contributed by atoms with Gasteiger partial charge in [-0.2, -0.15) is 5.26 Å². The van der Waals surface area contributed by atoms with Gasteiger partial charge in [-0.05, 0) is 41.8 Å². The highest BCUT2D eigenvalue weighted by molar-refractivity contribution is 5.97. The van der Waals surface area contributed by atoms with Crippen molar-refractivity contribution in [1.29, 1.82) is 5.26 Å². The van der Waals surface area contributed by atoms with Crippen LogP contribution in [0, 0.1) is 11.3 Å². The molecule has 2 aromatic carbocycles. The van der Waals surface area contributed by atoms with Gasteiger partial charge in [0.25, 0.3) is 5.91 Å². The summed E-state index contributed by atoms with van der Waals surface area (Å²) in [6.45, 7) is 1.43. The molecule has 1 aliphatic heterocycles. The van der Waals surface area contributed by atoms with Crippen molar-refractivity contribution in [3.63, 3.8) is 0 Å². The summed E-state index contributed by atoms with van der Waals surface area (Å²) in [6, 6.07) is 16.3. The second-order valence-electron chi connectivity index (χ2n) is 6.86. The van der Waals surface area contributed by atoms with Crippen LogP contribution < -0.4 is 10.6 Å². The zero-order chi connectivity index (χ0) is 20.6. The van der Waals surface area contributed by atoms with Crippen LogP contribution in [-0.4, -0.2) is 42.3 Å². The molecule has 0 spiro atoms. The number of aryl methyl sites for hydroxylation is 1. The lowest BCUT2D eigenvalue weighted by Gasteiger charge is -2.26. The molecule has 0 aromatic heterocycles. The summed E-state index contributed by atoms with van der Waals surface area (Å²) in [4.78, 5) is 37.5. The van der Waals surface area contributed by atoms with E-state index in [-0.39, 0.29) is 24.3 Å². The molecule has 29 heavy (non-hydrogen) atoms. The van der Waals surface area contributed by atoms with Crippen molar-refractivity contribution < 1.29 is 14.4 Å². The predicted molar refractivity (Wildman–Crippen MR) is 107 cm³/mol. The van der Waals surface area contributed by atoms with E-state index < -0.39 is 0 Å². The highest BCUT2D eigenvalue weighted by atomic mass is 16.2. The van der Waals surface area contributed by atoms with Crippen LogP contribution in [0.3, 0.4) is 0 Å². The predicted octanol–water partition coefficient (Wildman–Crippen LogP) is 1.38. The Hall–Kier alpha value is -3.66. The molecule has 1 heterocycles. The topological polar surface area (TPSA) is 102 Å². The molecule has 1 fully saturated rings. The van der Waals surface area contributed by atoms with Gasteiger partial charge in [0.15, 0.2) is 0 Å². The van der Waals surface area contributed by atoms with Gasteiger partial charge in [-0.15, -0.1) is 0 Å². The molecule has 3 amide bonds. The van der Waals surface area contributed by atoms with Gasteiger partial charge in [-0.3, -0.25) is 14.4 Å². The Balaban J connectivity index is 1.45. The van der Waals surface area contributed by atoms with Crippen LogP contribution in [0.4, 0.5) is 0 Å². The Morgan fingerprint density at radius 2 is 1.76 bits per heavy atom. The molecule has 0 radical (unpaired) electrons. The number of carbonyl (C=O) groups excluding carboxylic acids is 3. The van der Waals surface area contributed by atoms with Crippen molar-refractivity contribution in [1.82, 2.24) is 15.5 Å². The first-order chi connectivity index (χ1) is 14.0. The number of hydrogen-bond donors (Lipinski definition) is 2. The van der Waals surface area contributed by atoms with E-state index in [4.69, 9.17) is 5.26 Å². The molecule has 0 saturated carbocycles. The molecule has 1 aliphatic rings. The third-order valence-corrected chi connectivity index (χ3v) is 4.74. The molecular formula is C22H22N4O3. The van der Waals surface area contributed by atoms with Crippen LogP contribution in [0.1, 0.15) is 33.5 Å². The third-order valence-electron chi connectivity index (χ3n) is 4.74. The number of carbonyl (C=O) groups is 3. The fraction of sp³-hybridized carbons (Fsp3) is 0.273. The van der Waals surface area contributed by atoms with Crippen molar-refractivity contribution in [3.8, 4) is 6.07 Å². The second kappa shape index (κ2) is 9.51. The van der Waals surface area contributed by atoms with Gasteiger partial charge < -0.3 is 15.5 Å². The van der Waals surface area contributed by atoms with Gasteiger partial charge in [-0.25, -0.2) is 0 Å². The monoisotopic (exact) mass is 390 g/mol. The molecule has 2 N–H and O–H groups in total. The first-order valence-electron chi connectivity index (χ1n) is 9.46. The number of nitrogens with one attached hydrogen (secondary N) is 2. The van der Waals surface area contributed by atoms with Crippen LogP contribution in [-0.2, 0) is 22.6 Å². The minimum absolute atomic E-state index is 0.0613. The Morgan fingerprint density at radius 1 is 1.07 bits per heavy atom. The maximum absolute atomic E-state index is 12.4. The van der Waals surface area contributed by atoms with Gasteiger partial charge in [0.1, 0.15) is 0 Å². The van der Waals surface area contributed by atoms with Crippen LogP contribution in [0.15, 0.2) is 48.5 Å². The van der Waals surface area contributed by atoms with Crippen LogP contribution in [0.2, 0.25) is 0 Å². The summed E-state index contributed by atoms with van der Waals surface area (Å²) >= 11 is 0. The number of benzene rings is 2. The molecule has 1 saturated heterocycles. The lowest BCUT2D eigenvalue weighted by atomic mass is 10.1. The standard InChI is InChI=1S/C22H22N4O3/c23-13-17-3-1-16(2-4-17)7-10-20(27)25-14-18-5-8-19(9-6-18)22(29)26-12-11-24-21(28)15-26/h1-6,8-9H,7,10-12,14-15H2,(H,24,28)(H,25,27). The molecule has 7 heteroatoms. The zero-order valence-corrected chi connectivity index (χ0v) is 16.0. The molecule has 3 rings (SSSR count). The lowest BCUT2D eigenvalue weighted by molar-refractivity contribution is -0.123. The van der Waals surface area contributed by atoms with E-state index in [1.54, 1.807) is 36.4 Å². The number of hydrogen-bond acceptors (Lipinski definition) is 4. The molecule has 2 aromatic rings. The highest BCUT2D eigenvalue weighted by Gasteiger charge is 2.22. The van der Waals surface area contributed by atoms with E-state index in [9.17, 15) is 14.4 Å². The fourth-order valence-electron chi connectivity index (χ4n) is 3.05. The van der Waals surface area contributed by atoms with Crippen LogP contribution in [0.5, 0.6) is 0 Å². The molecule has 148 valence electrons. The van der Waals surface area contributed by atoms with Crippen LogP contribution in [0.25, 0.3) is 0 Å². The van der Waals surface area contributed by atoms with Crippen molar-refractivity contribution in [2.45, 2.75) is 19.4 Å².